The topological polar surface area (TPSA) is 97.8 Å². The van der Waals surface area contributed by atoms with E-state index in [4.69, 9.17) is 9.84 Å². The molecule has 1 amide bonds. The Labute approximate surface area is 252 Å². The molecular weight excluding hydrogens is 542 g/mol. The number of amides is 1. The summed E-state index contributed by atoms with van der Waals surface area (Å²) in [5, 5.41) is 13.6. The van der Waals surface area contributed by atoms with Crippen LogP contribution in [0.1, 0.15) is 49.6 Å². The Hall–Kier alpha value is -4.22. The van der Waals surface area contributed by atoms with Crippen molar-refractivity contribution in [3.8, 4) is 5.75 Å². The van der Waals surface area contributed by atoms with E-state index in [2.05, 4.69) is 52.9 Å². The molecule has 11 heteroatoms. The van der Waals surface area contributed by atoms with E-state index < -0.39 is 0 Å². The van der Waals surface area contributed by atoms with Crippen molar-refractivity contribution in [3.05, 3.63) is 72.1 Å². The summed E-state index contributed by atoms with van der Waals surface area (Å²) >= 11 is 0. The molecule has 0 unspecified atom stereocenters. The average molecular weight is 584 g/mol. The molecule has 1 N–H and O–H groups in total. The number of fused-ring (bicyclic) bond motifs is 2. The summed E-state index contributed by atoms with van der Waals surface area (Å²) in [6, 6.07) is 12.3. The Morgan fingerprint density at radius 1 is 1.05 bits per heavy atom. The molecule has 0 saturated carbocycles. The van der Waals surface area contributed by atoms with E-state index in [1.165, 1.54) is 0 Å². The zero-order chi connectivity index (χ0) is 29.9. The highest BCUT2D eigenvalue weighted by molar-refractivity contribution is 6.08. The summed E-state index contributed by atoms with van der Waals surface area (Å²) in [4.78, 5) is 23.0. The van der Waals surface area contributed by atoms with Crippen molar-refractivity contribution in [1.82, 2.24) is 38.7 Å². The number of aromatic nitrogens is 6. The van der Waals surface area contributed by atoms with E-state index in [-0.39, 0.29) is 5.91 Å². The molecule has 226 valence electrons. The molecule has 5 heterocycles. The largest absolute Gasteiger partial charge is 0.492 e. The average Bonchev–Trinajstić information content (AvgIpc) is 3.75. The fraction of sp³-hybridized carbons (Fsp3) is 0.438. The molecule has 1 aromatic carbocycles. The maximum atomic E-state index is 13.5. The number of imidazole rings is 1. The molecule has 1 saturated heterocycles. The fourth-order valence-electron chi connectivity index (χ4n) is 5.80. The molecule has 0 bridgehead atoms. The van der Waals surface area contributed by atoms with Gasteiger partial charge in [-0.2, -0.15) is 10.2 Å². The summed E-state index contributed by atoms with van der Waals surface area (Å²) in [7, 11) is 0. The van der Waals surface area contributed by atoms with Crippen molar-refractivity contribution in [3.63, 3.8) is 0 Å². The van der Waals surface area contributed by atoms with Gasteiger partial charge in [0.05, 0.1) is 35.3 Å². The van der Waals surface area contributed by atoms with Gasteiger partial charge >= 0.3 is 0 Å². The number of nitrogens with one attached hydrogen (secondary N) is 1. The number of hydrogen-bond acceptors (Lipinski definition) is 7. The quantitative estimate of drug-likeness (QED) is 0.249. The summed E-state index contributed by atoms with van der Waals surface area (Å²) < 4.78 is 11.7. The van der Waals surface area contributed by atoms with Gasteiger partial charge in [-0.05, 0) is 51.5 Å². The van der Waals surface area contributed by atoms with Gasteiger partial charge in [-0.25, -0.2) is 4.98 Å². The van der Waals surface area contributed by atoms with Crippen LogP contribution < -0.4 is 10.1 Å². The lowest BCUT2D eigenvalue weighted by atomic mass is 10.1. The number of anilines is 1. The van der Waals surface area contributed by atoms with Gasteiger partial charge in [0.1, 0.15) is 23.7 Å². The normalized spacial score (nSPS) is 14.7. The first-order valence-corrected chi connectivity index (χ1v) is 15.3. The Kier molecular flexibility index (Phi) is 8.44. The lowest BCUT2D eigenvalue weighted by Crippen LogP contribution is -2.49. The van der Waals surface area contributed by atoms with Crippen LogP contribution in [0.4, 0.5) is 5.69 Å². The van der Waals surface area contributed by atoms with E-state index in [1.54, 1.807) is 10.6 Å². The molecule has 0 spiro atoms. The highest BCUT2D eigenvalue weighted by atomic mass is 16.5. The van der Waals surface area contributed by atoms with Gasteiger partial charge in [0.2, 0.25) is 0 Å². The second kappa shape index (κ2) is 12.6. The number of ether oxygens (including phenoxy) is 1. The third-order valence-electron chi connectivity index (χ3n) is 8.30. The van der Waals surface area contributed by atoms with Crippen LogP contribution in [-0.2, 0) is 19.5 Å². The molecule has 43 heavy (non-hydrogen) atoms. The molecule has 6 rings (SSSR count). The van der Waals surface area contributed by atoms with Crippen molar-refractivity contribution in [2.45, 2.75) is 53.2 Å². The number of benzene rings is 1. The first kappa shape index (κ1) is 28.9. The molecule has 0 atom stereocenters. The molecule has 1 aliphatic rings. The van der Waals surface area contributed by atoms with Crippen LogP contribution in [0.15, 0.2) is 55.0 Å². The number of carbonyl (C=O) groups excluding carboxylic acids is 1. The first-order valence-electron chi connectivity index (χ1n) is 15.3. The van der Waals surface area contributed by atoms with E-state index >= 15 is 0 Å². The van der Waals surface area contributed by atoms with Crippen LogP contribution in [0.25, 0.3) is 16.6 Å². The van der Waals surface area contributed by atoms with Crippen LogP contribution in [0, 0.1) is 0 Å². The van der Waals surface area contributed by atoms with Crippen LogP contribution in [-0.4, -0.2) is 90.0 Å². The number of nitrogens with zero attached hydrogens (tertiary/aromatic N) is 8. The Balaban J connectivity index is 1.13. The van der Waals surface area contributed by atoms with Crippen LogP contribution in [0.3, 0.4) is 0 Å². The van der Waals surface area contributed by atoms with Gasteiger partial charge in [0, 0.05) is 69.2 Å². The van der Waals surface area contributed by atoms with E-state index in [0.29, 0.717) is 30.5 Å². The maximum Gasteiger partial charge on any atom is 0.274 e. The Morgan fingerprint density at radius 2 is 1.88 bits per heavy atom. The van der Waals surface area contributed by atoms with Crippen LogP contribution >= 0.6 is 0 Å². The smallest absolute Gasteiger partial charge is 0.274 e. The number of rotatable bonds is 11. The second-order valence-corrected chi connectivity index (χ2v) is 11.3. The van der Waals surface area contributed by atoms with Gasteiger partial charge in [0.15, 0.2) is 0 Å². The van der Waals surface area contributed by atoms with Crippen molar-refractivity contribution in [1.29, 1.82) is 0 Å². The minimum Gasteiger partial charge on any atom is -0.492 e. The molecule has 11 nitrogen and oxygen atoms in total. The van der Waals surface area contributed by atoms with Gasteiger partial charge in [0.25, 0.3) is 5.91 Å². The highest BCUT2D eigenvalue weighted by Gasteiger charge is 2.20. The first-order chi connectivity index (χ1) is 20.9. The van der Waals surface area contributed by atoms with Gasteiger partial charge in [-0.3, -0.25) is 28.4 Å². The van der Waals surface area contributed by atoms with E-state index in [0.717, 1.165) is 79.4 Å². The predicted octanol–water partition coefficient (Wildman–Crippen LogP) is 4.17. The zero-order valence-electron chi connectivity index (χ0n) is 25.5. The molecule has 5 aromatic rings. The molecule has 1 fully saturated rings. The highest BCUT2D eigenvalue weighted by Crippen LogP contribution is 2.29. The summed E-state index contributed by atoms with van der Waals surface area (Å²) in [6.07, 6.45) is 6.18. The van der Waals surface area contributed by atoms with Crippen molar-refractivity contribution in [2.24, 2.45) is 0 Å². The number of carbonyl (C=O) groups is 1. The standard InChI is InChI=1S/C32H41N9O2/c1-5-26-31-27(8-7-9-28(31)41(36-26)22-24-10-12-39(6-2)35-24)34-32(42)29-21-33-30-20-25(11-13-40(29)30)43-19-18-37-14-16-38(17-15-37)23(3)4/h7-13,20-21,23H,5-6,14-19,22H2,1-4H3,(H,34,42). The molecule has 0 radical (unpaired) electrons. The third kappa shape index (κ3) is 6.14. The van der Waals surface area contributed by atoms with Crippen LogP contribution in [0.5, 0.6) is 5.75 Å². The predicted molar refractivity (Wildman–Crippen MR) is 168 cm³/mol. The number of piperazine rings is 1. The fourth-order valence-corrected chi connectivity index (χ4v) is 5.80. The van der Waals surface area contributed by atoms with E-state index in [1.807, 2.05) is 58.2 Å². The number of aryl methyl sites for hydroxylation is 2. The van der Waals surface area contributed by atoms with Gasteiger partial charge in [-0.15, -0.1) is 0 Å². The van der Waals surface area contributed by atoms with Crippen molar-refractivity contribution < 1.29 is 9.53 Å². The molecule has 1 aliphatic heterocycles. The van der Waals surface area contributed by atoms with Crippen molar-refractivity contribution >= 4 is 28.1 Å². The number of hydrogen-bond donors (Lipinski definition) is 1. The molecule has 0 aliphatic carbocycles. The lowest BCUT2D eigenvalue weighted by molar-refractivity contribution is 0.0971. The second-order valence-electron chi connectivity index (χ2n) is 11.3. The number of pyridine rings is 1. The summed E-state index contributed by atoms with van der Waals surface area (Å²) in [6.45, 7) is 15.9. The van der Waals surface area contributed by atoms with Gasteiger partial charge < -0.3 is 10.1 Å². The SMILES string of the molecule is CCc1nn(Cc2ccn(CC)n2)c2cccc(NC(=O)c3cnc4cc(OCCN5CCN(C(C)C)CC5)ccn34)c12. The van der Waals surface area contributed by atoms with Gasteiger partial charge in [-0.1, -0.05) is 13.0 Å². The minimum absolute atomic E-state index is 0.231. The lowest BCUT2D eigenvalue weighted by Gasteiger charge is -2.36. The Bertz CT molecular complexity index is 1710. The van der Waals surface area contributed by atoms with Crippen LogP contribution in [0.2, 0.25) is 0 Å². The summed E-state index contributed by atoms with van der Waals surface area (Å²) in [5.41, 5.74) is 4.69. The minimum atomic E-state index is -0.231. The summed E-state index contributed by atoms with van der Waals surface area (Å²) in [5.74, 6) is 0.519. The monoisotopic (exact) mass is 583 g/mol. The molecule has 4 aromatic heterocycles. The van der Waals surface area contributed by atoms with E-state index in [9.17, 15) is 4.79 Å². The van der Waals surface area contributed by atoms with Crippen molar-refractivity contribution in [2.75, 3.05) is 44.6 Å². The Morgan fingerprint density at radius 3 is 2.63 bits per heavy atom. The maximum absolute atomic E-state index is 13.5. The molecular formula is C32H41N9O2. The zero-order valence-corrected chi connectivity index (χ0v) is 25.5. The third-order valence-corrected chi connectivity index (χ3v) is 8.30.